The summed E-state index contributed by atoms with van der Waals surface area (Å²) in [5.41, 5.74) is 7.85. The monoisotopic (exact) mass is 1140 g/mol. The molecule has 436 valence electrons. The number of allylic oxidation sites excluding steroid dienone is 5. The molecule has 2 fully saturated rings. The minimum Gasteiger partial charge on any atom is -0.491 e. The van der Waals surface area contributed by atoms with Gasteiger partial charge >= 0.3 is 0 Å². The molecule has 12 atom stereocenters. The molecular formula is C59H83N4O14S2-. The Labute approximate surface area is 467 Å². The third-order valence-electron chi connectivity index (χ3n) is 17.2. The molecule has 8 rings (SSSR count). The third kappa shape index (κ3) is 14.8. The van der Waals surface area contributed by atoms with Crippen molar-refractivity contribution in [3.8, 4) is 0 Å². The van der Waals surface area contributed by atoms with Crippen LogP contribution < -0.4 is 15.5 Å². The smallest absolute Gasteiger partial charge is 0.264 e. The molecule has 20 heteroatoms. The molecular weight excluding hydrogens is 1050 g/mol. The molecule has 4 heterocycles. The van der Waals surface area contributed by atoms with Gasteiger partial charge in [-0.15, -0.1) is 0 Å². The number of benzene rings is 1. The molecule has 0 radical (unpaired) electrons. The molecule has 7 aliphatic rings. The molecule has 2 amide bonds. The quantitative estimate of drug-likeness (QED) is 0.0234. The lowest BCUT2D eigenvalue weighted by atomic mass is 9.62. The Morgan fingerprint density at radius 2 is 1.53 bits per heavy atom. The lowest BCUT2D eigenvalue weighted by Gasteiger charge is -2.55. The number of hydrogen-bond donors (Lipinski definition) is 5. The van der Waals surface area contributed by atoms with Crippen molar-refractivity contribution in [1.82, 2.24) is 15.5 Å². The first-order valence-electron chi connectivity index (χ1n) is 28.3. The highest BCUT2D eigenvalue weighted by molar-refractivity contribution is 7.86. The van der Waals surface area contributed by atoms with Crippen LogP contribution in [0, 0.1) is 42.4 Å². The van der Waals surface area contributed by atoms with Crippen LogP contribution in [0.3, 0.4) is 0 Å². The van der Waals surface area contributed by atoms with Gasteiger partial charge in [-0.25, -0.2) is 0 Å². The van der Waals surface area contributed by atoms with Crippen LogP contribution in [-0.2, 0) is 48.7 Å². The first-order valence-corrected chi connectivity index (χ1v) is 31.5. The van der Waals surface area contributed by atoms with E-state index in [0.717, 1.165) is 60.1 Å². The molecule has 0 saturated carbocycles. The van der Waals surface area contributed by atoms with Crippen LogP contribution in [0.1, 0.15) is 101 Å². The number of anilines is 1. The first-order chi connectivity index (χ1) is 37.8. The van der Waals surface area contributed by atoms with Gasteiger partial charge in [0.1, 0.15) is 24.8 Å². The van der Waals surface area contributed by atoms with E-state index in [1.54, 1.807) is 0 Å². The molecule has 5 N–H and O–H groups in total. The van der Waals surface area contributed by atoms with E-state index in [9.17, 15) is 26.7 Å². The highest BCUT2D eigenvalue weighted by atomic mass is 32.2. The molecule has 0 aromatic heterocycles. The maximum Gasteiger partial charge on any atom is 0.264 e. The maximum absolute atomic E-state index is 15.1. The average molecular weight is 1140 g/mol. The van der Waals surface area contributed by atoms with Gasteiger partial charge < -0.3 is 50.8 Å². The molecule has 3 aliphatic carbocycles. The molecule has 4 aliphatic heterocycles. The van der Waals surface area contributed by atoms with Crippen molar-refractivity contribution >= 4 is 37.7 Å². The van der Waals surface area contributed by atoms with Crippen molar-refractivity contribution in [3.05, 3.63) is 119 Å². The third-order valence-corrected chi connectivity index (χ3v) is 18.8. The van der Waals surface area contributed by atoms with Gasteiger partial charge in [0.15, 0.2) is 0 Å². The second kappa shape index (κ2) is 27.1. The van der Waals surface area contributed by atoms with Crippen LogP contribution >= 0.6 is 0 Å². The number of nitrogens with zero attached hydrogens (tertiary/aromatic N) is 2. The minimum absolute atomic E-state index is 0.00204. The van der Waals surface area contributed by atoms with E-state index in [4.69, 9.17) is 39.7 Å². The molecule has 79 heavy (non-hydrogen) atoms. The molecule has 1 aromatic carbocycles. The number of ether oxygens (including phenoxy) is 5. The Kier molecular flexibility index (Phi) is 20.8. The van der Waals surface area contributed by atoms with Crippen LogP contribution in [0.2, 0.25) is 0 Å². The highest BCUT2D eigenvalue weighted by Crippen LogP contribution is 2.54. The number of carbonyl (C=O) groups is 2. The summed E-state index contributed by atoms with van der Waals surface area (Å²) in [4.78, 5) is 32.9. The summed E-state index contributed by atoms with van der Waals surface area (Å²) < 4.78 is 89.2. The van der Waals surface area contributed by atoms with Crippen LogP contribution in [0.15, 0.2) is 101 Å². The van der Waals surface area contributed by atoms with Crippen LogP contribution in [0.25, 0.3) is 0 Å². The summed E-state index contributed by atoms with van der Waals surface area (Å²) >= 11 is 0. The number of rotatable bonds is 24. The van der Waals surface area contributed by atoms with Gasteiger partial charge in [-0.2, -0.15) is 22.8 Å². The van der Waals surface area contributed by atoms with Crippen molar-refractivity contribution in [3.63, 3.8) is 0 Å². The summed E-state index contributed by atoms with van der Waals surface area (Å²) in [7, 11) is -8.02. The molecule has 1 aromatic rings. The Morgan fingerprint density at radius 3 is 2.22 bits per heavy atom. The van der Waals surface area contributed by atoms with Crippen molar-refractivity contribution in [2.24, 2.45) is 35.5 Å². The van der Waals surface area contributed by atoms with E-state index in [1.165, 1.54) is 11.1 Å². The summed E-state index contributed by atoms with van der Waals surface area (Å²) in [6, 6.07) is 5.34. The summed E-state index contributed by atoms with van der Waals surface area (Å²) in [5, 5.41) is 19.1. The van der Waals surface area contributed by atoms with Crippen molar-refractivity contribution < 1.29 is 64.3 Å². The number of aliphatic hydroxyl groups excluding tert-OH is 1. The van der Waals surface area contributed by atoms with Gasteiger partial charge in [0.05, 0.1) is 69.3 Å². The molecule has 0 spiro atoms. The van der Waals surface area contributed by atoms with Gasteiger partial charge in [0.2, 0.25) is 0 Å². The average Bonchev–Trinajstić information content (AvgIpc) is 3.98. The van der Waals surface area contributed by atoms with Crippen LogP contribution in [-0.4, -0.2) is 156 Å². The molecule has 2 bridgehead atoms. The zero-order valence-corrected chi connectivity index (χ0v) is 47.9. The fraction of sp³-hybridized carbons (Fsp3) is 0.610. The second-order valence-corrected chi connectivity index (χ2v) is 25.3. The Morgan fingerprint density at radius 1 is 0.861 bits per heavy atom. The predicted octanol–water partition coefficient (Wildman–Crippen LogP) is 6.86. The van der Waals surface area contributed by atoms with E-state index in [1.807, 2.05) is 29.2 Å². The van der Waals surface area contributed by atoms with Crippen LogP contribution in [0.4, 0.5) is 5.69 Å². The summed E-state index contributed by atoms with van der Waals surface area (Å²) in [5.74, 6) is 0.610. The number of amides is 2. The van der Waals surface area contributed by atoms with Gasteiger partial charge in [-0.05, 0) is 110 Å². The van der Waals surface area contributed by atoms with E-state index < -0.39 is 26.5 Å². The molecule has 2 saturated heterocycles. The van der Waals surface area contributed by atoms with Gasteiger partial charge in [-0.3, -0.25) is 24.0 Å². The van der Waals surface area contributed by atoms with Crippen molar-refractivity contribution in [2.75, 3.05) is 82.4 Å². The second-order valence-electron chi connectivity index (χ2n) is 22.2. The number of fused-ring (bicyclic) bond motifs is 9. The van der Waals surface area contributed by atoms with Gasteiger partial charge in [0, 0.05) is 42.2 Å². The Balaban J connectivity index is 0.935. The van der Waals surface area contributed by atoms with Crippen LogP contribution in [0.5, 0.6) is 0 Å². The molecule has 18 nitrogen and oxygen atoms in total. The zero-order chi connectivity index (χ0) is 56.6. The number of nitrogens with one attached hydrogen (secondary N) is 2. The van der Waals surface area contributed by atoms with E-state index in [2.05, 4.69) is 86.3 Å². The SMILES string of the molecule is C=C(OCCOCCOCCCS(=O)(=O)O)C1=CC2NC3/C=C/CC4C5=C(C)C(=CCC5C(CC)CC5CC(O)N6c7cc(C(=O)NCCOCCOCCCS(=O)(=O)O)ccc7C(C)C(C)C6/C5=C/CC4[CH2-])C(=O)N3C2C=C1. The van der Waals surface area contributed by atoms with Crippen molar-refractivity contribution in [2.45, 2.75) is 115 Å². The number of aliphatic hydroxyl groups is 1. The minimum atomic E-state index is -4.02. The van der Waals surface area contributed by atoms with E-state index in [0.29, 0.717) is 36.9 Å². The largest absolute Gasteiger partial charge is 0.491 e. The van der Waals surface area contributed by atoms with E-state index in [-0.39, 0.29) is 149 Å². The number of carbonyl (C=O) groups excluding carboxylic acids is 2. The van der Waals surface area contributed by atoms with Gasteiger partial charge in [0.25, 0.3) is 32.1 Å². The fourth-order valence-electron chi connectivity index (χ4n) is 13.2. The maximum atomic E-state index is 15.1. The fourth-order valence-corrected chi connectivity index (χ4v) is 14.1. The number of piperidine rings is 1. The van der Waals surface area contributed by atoms with E-state index >= 15 is 4.79 Å². The lowest BCUT2D eigenvalue weighted by Crippen LogP contribution is -2.57. The topological polar surface area (TPSA) is 240 Å². The zero-order valence-electron chi connectivity index (χ0n) is 46.3. The Bertz CT molecular complexity index is 2790. The standard InChI is InChI=1S/C59H83N4O14S2/c1-7-42-33-45-36-55(64)63-53-35-44(58(65)60-21-24-75-27-25-73-22-9-31-78(67,68)69)14-17-47(53)38(3)39(4)57(63)50(45)16-13-37(2)46-11-8-12-54-61-51-34-43(41(6)77-30-29-76-28-26-74-23-10-32-79(70,71)72)15-20-52(51)62(54)59(66)48-18-19-49(42)56(46)40(48)5/h8,12,14-18,20,34-35,37-39,42,45-46,49,51-52,54-55,57,61,64H,2,6-7,9-11,13,19,21-33,36H2,1,3-5H3,(H,60,65)(H,67,68,69)(H,70,71,72)/q-1/b12-8+,50-16+. The Hall–Kier alpha value is -4.48. The highest BCUT2D eigenvalue weighted by Gasteiger charge is 2.49. The summed E-state index contributed by atoms with van der Waals surface area (Å²) in [6.45, 7) is 20.7. The van der Waals surface area contributed by atoms with Crippen molar-refractivity contribution in [1.29, 1.82) is 0 Å². The lowest BCUT2D eigenvalue weighted by molar-refractivity contribution is -0.128. The summed E-state index contributed by atoms with van der Waals surface area (Å²) in [6.07, 6.45) is 19.1. The molecule has 12 unspecified atom stereocenters. The number of hydrogen-bond acceptors (Lipinski definition) is 14. The van der Waals surface area contributed by atoms with Gasteiger partial charge in [-0.1, -0.05) is 94.4 Å². The first kappa shape index (κ1) is 60.6. The predicted molar refractivity (Wildman–Crippen MR) is 302 cm³/mol. The normalized spacial score (nSPS) is 30.6.